The molecular weight excluding hydrogens is 320 g/mol. The Bertz CT molecular complexity index is 806. The van der Waals surface area contributed by atoms with Crippen LogP contribution in [0.5, 0.6) is 5.75 Å². The normalized spacial score (nSPS) is 11.9. The molecule has 0 fully saturated rings. The Morgan fingerprint density at radius 1 is 1.24 bits per heavy atom. The lowest BCUT2D eigenvalue weighted by atomic mass is 10.1. The van der Waals surface area contributed by atoms with Crippen LogP contribution in [0.4, 0.5) is 0 Å². The molecule has 0 aliphatic carbocycles. The average Bonchev–Trinajstić information content (AvgIpc) is 3.31. The van der Waals surface area contributed by atoms with Crippen LogP contribution in [0.3, 0.4) is 0 Å². The molecule has 130 valence electrons. The minimum atomic E-state index is -0.258. The number of aromatic nitrogens is 1. The number of benzene rings is 1. The van der Waals surface area contributed by atoms with Crippen LogP contribution in [0.15, 0.2) is 57.9 Å². The molecule has 2 heterocycles. The van der Waals surface area contributed by atoms with Crippen molar-refractivity contribution in [2.24, 2.45) is 0 Å². The van der Waals surface area contributed by atoms with E-state index in [4.69, 9.17) is 13.6 Å². The molecule has 0 bridgehead atoms. The molecule has 6 heteroatoms. The number of ether oxygens (including phenoxy) is 1. The third-order valence-electron chi connectivity index (χ3n) is 3.92. The van der Waals surface area contributed by atoms with Gasteiger partial charge in [-0.05, 0) is 49.7 Å². The van der Waals surface area contributed by atoms with E-state index in [9.17, 15) is 4.79 Å². The summed E-state index contributed by atoms with van der Waals surface area (Å²) in [6, 6.07) is 11.0. The fourth-order valence-electron chi connectivity index (χ4n) is 2.53. The van der Waals surface area contributed by atoms with Gasteiger partial charge in [0.25, 0.3) is 5.91 Å². The predicted molar refractivity (Wildman–Crippen MR) is 92.4 cm³/mol. The van der Waals surface area contributed by atoms with Gasteiger partial charge in [0.05, 0.1) is 13.4 Å². The second-order valence-electron chi connectivity index (χ2n) is 5.75. The number of nitrogens with one attached hydrogen (secondary N) is 1. The molecule has 1 amide bonds. The zero-order valence-electron chi connectivity index (χ0n) is 14.2. The maximum absolute atomic E-state index is 12.5. The van der Waals surface area contributed by atoms with Gasteiger partial charge in [0.1, 0.15) is 11.5 Å². The number of oxazole rings is 1. The van der Waals surface area contributed by atoms with Crippen molar-refractivity contribution in [2.75, 3.05) is 7.11 Å². The van der Waals surface area contributed by atoms with Crippen molar-refractivity contribution < 1.29 is 18.4 Å². The SMILES string of the molecule is COc1ccc(-c2ocnc2C(=O)NC(C)CCc2ccco2)cc1. The van der Waals surface area contributed by atoms with Crippen LogP contribution in [0, 0.1) is 0 Å². The summed E-state index contributed by atoms with van der Waals surface area (Å²) in [6.45, 7) is 1.95. The lowest BCUT2D eigenvalue weighted by Gasteiger charge is -2.12. The molecule has 0 radical (unpaired) electrons. The third-order valence-corrected chi connectivity index (χ3v) is 3.92. The summed E-state index contributed by atoms with van der Waals surface area (Å²) in [4.78, 5) is 16.6. The van der Waals surface area contributed by atoms with E-state index < -0.39 is 0 Å². The van der Waals surface area contributed by atoms with E-state index in [1.807, 2.05) is 43.3 Å². The molecule has 3 aromatic rings. The van der Waals surface area contributed by atoms with Gasteiger partial charge >= 0.3 is 0 Å². The summed E-state index contributed by atoms with van der Waals surface area (Å²) in [5.41, 5.74) is 1.04. The number of carbonyl (C=O) groups is 1. The quantitative estimate of drug-likeness (QED) is 0.710. The van der Waals surface area contributed by atoms with Crippen molar-refractivity contribution in [3.63, 3.8) is 0 Å². The van der Waals surface area contributed by atoms with Crippen molar-refractivity contribution in [1.82, 2.24) is 10.3 Å². The van der Waals surface area contributed by atoms with Crippen molar-refractivity contribution in [1.29, 1.82) is 0 Å². The molecule has 1 N–H and O–H groups in total. The van der Waals surface area contributed by atoms with Crippen molar-refractivity contribution in [2.45, 2.75) is 25.8 Å². The summed E-state index contributed by atoms with van der Waals surface area (Å²) < 4.78 is 15.9. The number of furan rings is 1. The van der Waals surface area contributed by atoms with Crippen LogP contribution in [0.1, 0.15) is 29.6 Å². The van der Waals surface area contributed by atoms with E-state index in [2.05, 4.69) is 10.3 Å². The Hall–Kier alpha value is -3.02. The number of aryl methyl sites for hydroxylation is 1. The Morgan fingerprint density at radius 3 is 2.72 bits per heavy atom. The average molecular weight is 340 g/mol. The second-order valence-corrected chi connectivity index (χ2v) is 5.75. The molecule has 6 nitrogen and oxygen atoms in total. The van der Waals surface area contributed by atoms with Gasteiger partial charge in [-0.1, -0.05) is 0 Å². The lowest BCUT2D eigenvalue weighted by molar-refractivity contribution is 0.0934. The highest BCUT2D eigenvalue weighted by atomic mass is 16.5. The highest BCUT2D eigenvalue weighted by Crippen LogP contribution is 2.25. The fourth-order valence-corrected chi connectivity index (χ4v) is 2.53. The molecular formula is C19H20N2O4. The Morgan fingerprint density at radius 2 is 2.04 bits per heavy atom. The number of rotatable bonds is 7. The molecule has 1 atom stereocenters. The van der Waals surface area contributed by atoms with Crippen LogP contribution in [-0.2, 0) is 6.42 Å². The minimum Gasteiger partial charge on any atom is -0.497 e. The molecule has 0 saturated heterocycles. The van der Waals surface area contributed by atoms with E-state index >= 15 is 0 Å². The highest BCUT2D eigenvalue weighted by molar-refractivity contribution is 5.97. The monoisotopic (exact) mass is 340 g/mol. The molecule has 0 aliphatic heterocycles. The number of nitrogens with zero attached hydrogens (tertiary/aromatic N) is 1. The van der Waals surface area contributed by atoms with Gasteiger partial charge in [-0.15, -0.1) is 0 Å². The van der Waals surface area contributed by atoms with Crippen LogP contribution in [-0.4, -0.2) is 24.0 Å². The van der Waals surface area contributed by atoms with Crippen molar-refractivity contribution in [3.05, 3.63) is 60.5 Å². The largest absolute Gasteiger partial charge is 0.497 e. The molecule has 3 rings (SSSR count). The molecule has 25 heavy (non-hydrogen) atoms. The van der Waals surface area contributed by atoms with Crippen molar-refractivity contribution in [3.8, 4) is 17.1 Å². The van der Waals surface area contributed by atoms with Crippen LogP contribution < -0.4 is 10.1 Å². The molecule has 2 aromatic heterocycles. The minimum absolute atomic E-state index is 0.0157. The topological polar surface area (TPSA) is 77.5 Å². The summed E-state index contributed by atoms with van der Waals surface area (Å²) in [6.07, 6.45) is 4.46. The molecule has 0 aliphatic rings. The maximum atomic E-state index is 12.5. The second kappa shape index (κ2) is 7.70. The fraction of sp³-hybridized carbons (Fsp3) is 0.263. The van der Waals surface area contributed by atoms with Gasteiger partial charge in [-0.25, -0.2) is 4.98 Å². The molecule has 0 spiro atoms. The Balaban J connectivity index is 1.65. The lowest BCUT2D eigenvalue weighted by Crippen LogP contribution is -2.33. The maximum Gasteiger partial charge on any atom is 0.274 e. The Labute approximate surface area is 145 Å². The third kappa shape index (κ3) is 4.09. The standard InChI is InChI=1S/C19H20N2O4/c1-13(5-8-16-4-3-11-24-16)21-19(22)17-18(25-12-20-17)14-6-9-15(23-2)10-7-14/h3-4,6-7,9-13H,5,8H2,1-2H3,(H,21,22). The molecule has 1 aromatic carbocycles. The number of amides is 1. The van der Waals surface area contributed by atoms with E-state index in [0.717, 1.165) is 29.9 Å². The number of carbonyl (C=O) groups excluding carboxylic acids is 1. The first-order chi connectivity index (χ1) is 12.2. The summed E-state index contributed by atoms with van der Waals surface area (Å²) in [5.74, 6) is 1.83. The summed E-state index contributed by atoms with van der Waals surface area (Å²) >= 11 is 0. The van der Waals surface area contributed by atoms with Gasteiger partial charge in [-0.2, -0.15) is 0 Å². The van der Waals surface area contributed by atoms with E-state index in [0.29, 0.717) is 5.76 Å². The number of methoxy groups -OCH3 is 1. The van der Waals surface area contributed by atoms with Gasteiger partial charge in [0, 0.05) is 18.0 Å². The number of hydrogen-bond donors (Lipinski definition) is 1. The van der Waals surface area contributed by atoms with Gasteiger partial charge in [0.2, 0.25) is 0 Å². The van der Waals surface area contributed by atoms with Crippen molar-refractivity contribution >= 4 is 5.91 Å². The summed E-state index contributed by atoms with van der Waals surface area (Å²) in [5, 5.41) is 2.95. The zero-order valence-corrected chi connectivity index (χ0v) is 14.2. The first-order valence-electron chi connectivity index (χ1n) is 8.08. The van der Waals surface area contributed by atoms with E-state index in [1.54, 1.807) is 13.4 Å². The van der Waals surface area contributed by atoms with E-state index in [1.165, 1.54) is 6.39 Å². The van der Waals surface area contributed by atoms with E-state index in [-0.39, 0.29) is 17.6 Å². The van der Waals surface area contributed by atoms with Crippen LogP contribution >= 0.6 is 0 Å². The predicted octanol–water partition coefficient (Wildman–Crippen LogP) is 3.69. The first kappa shape index (κ1) is 16.8. The smallest absolute Gasteiger partial charge is 0.274 e. The van der Waals surface area contributed by atoms with Crippen LogP contribution in [0.25, 0.3) is 11.3 Å². The van der Waals surface area contributed by atoms with Gasteiger partial charge < -0.3 is 18.9 Å². The summed E-state index contributed by atoms with van der Waals surface area (Å²) in [7, 11) is 1.60. The molecule has 1 unspecified atom stereocenters. The van der Waals surface area contributed by atoms with Gasteiger partial charge in [0.15, 0.2) is 17.8 Å². The Kier molecular flexibility index (Phi) is 5.18. The zero-order chi connectivity index (χ0) is 17.6. The van der Waals surface area contributed by atoms with Crippen LogP contribution in [0.2, 0.25) is 0 Å². The highest BCUT2D eigenvalue weighted by Gasteiger charge is 2.20. The first-order valence-corrected chi connectivity index (χ1v) is 8.08. The number of hydrogen-bond acceptors (Lipinski definition) is 5. The molecule has 0 saturated carbocycles. The van der Waals surface area contributed by atoms with Gasteiger partial charge in [-0.3, -0.25) is 4.79 Å².